The second-order valence-corrected chi connectivity index (χ2v) is 3.51. The summed E-state index contributed by atoms with van der Waals surface area (Å²) in [7, 11) is 1.54. The Labute approximate surface area is 99.4 Å². The fraction of sp³-hybridized carbons (Fsp3) is 0.455. The van der Waals surface area contributed by atoms with E-state index in [0.717, 1.165) is 0 Å². The molecule has 0 aliphatic carbocycles. The van der Waals surface area contributed by atoms with Crippen molar-refractivity contribution < 1.29 is 14.3 Å². The molecule has 6 nitrogen and oxygen atoms in total. The second kappa shape index (κ2) is 6.70. The highest BCUT2D eigenvalue weighted by Crippen LogP contribution is 1.98. The van der Waals surface area contributed by atoms with Gasteiger partial charge in [-0.1, -0.05) is 0 Å². The fourth-order valence-electron chi connectivity index (χ4n) is 1.26. The molecule has 0 radical (unpaired) electrons. The Hall–Kier alpha value is -1.82. The molecule has 0 saturated carbocycles. The van der Waals surface area contributed by atoms with Crippen molar-refractivity contribution in [2.45, 2.75) is 19.4 Å². The number of rotatable bonds is 6. The predicted molar refractivity (Wildman–Crippen MR) is 60.5 cm³/mol. The number of amides is 1. The van der Waals surface area contributed by atoms with Crippen LogP contribution in [0.3, 0.4) is 0 Å². The van der Waals surface area contributed by atoms with Crippen molar-refractivity contribution in [2.24, 2.45) is 0 Å². The van der Waals surface area contributed by atoms with E-state index < -0.39 is 11.9 Å². The van der Waals surface area contributed by atoms with E-state index in [9.17, 15) is 9.59 Å². The molecular weight excluding hydrogens is 222 g/mol. The van der Waals surface area contributed by atoms with Crippen molar-refractivity contribution in [3.63, 3.8) is 0 Å². The van der Waals surface area contributed by atoms with Gasteiger partial charge < -0.3 is 10.1 Å². The predicted octanol–water partition coefficient (Wildman–Crippen LogP) is 0.200. The van der Waals surface area contributed by atoms with E-state index in [-0.39, 0.29) is 11.5 Å². The Balaban J connectivity index is 2.61. The van der Waals surface area contributed by atoms with Crippen molar-refractivity contribution >= 4 is 11.7 Å². The molecule has 0 aliphatic heterocycles. The second-order valence-electron chi connectivity index (χ2n) is 3.51. The smallest absolute Gasteiger partial charge is 0.272 e. The zero-order chi connectivity index (χ0) is 12.7. The number of nitrogens with zero attached hydrogens (tertiary/aromatic N) is 2. The van der Waals surface area contributed by atoms with E-state index in [2.05, 4.69) is 15.3 Å². The maximum atomic E-state index is 11.7. The van der Waals surface area contributed by atoms with E-state index in [1.807, 2.05) is 0 Å². The number of hydrogen-bond donors (Lipinski definition) is 1. The number of ketones is 1. The molecule has 0 aliphatic rings. The van der Waals surface area contributed by atoms with Crippen LogP contribution in [0.2, 0.25) is 0 Å². The molecule has 6 heteroatoms. The Morgan fingerprint density at radius 3 is 2.76 bits per heavy atom. The van der Waals surface area contributed by atoms with Crippen LogP contribution >= 0.6 is 0 Å². The quantitative estimate of drug-likeness (QED) is 0.764. The fourth-order valence-corrected chi connectivity index (χ4v) is 1.26. The van der Waals surface area contributed by atoms with Gasteiger partial charge in [0.1, 0.15) is 5.69 Å². The van der Waals surface area contributed by atoms with Gasteiger partial charge >= 0.3 is 0 Å². The van der Waals surface area contributed by atoms with Gasteiger partial charge in [-0.2, -0.15) is 0 Å². The molecule has 0 aromatic carbocycles. The molecular formula is C11H15N3O3. The molecule has 1 aromatic rings. The van der Waals surface area contributed by atoms with Crippen LogP contribution in [0.25, 0.3) is 0 Å². The molecule has 1 atom stereocenters. The summed E-state index contributed by atoms with van der Waals surface area (Å²) in [5.41, 5.74) is 0.191. The first-order chi connectivity index (χ1) is 8.15. The number of aromatic nitrogens is 2. The third-order valence-corrected chi connectivity index (χ3v) is 2.20. The Morgan fingerprint density at radius 2 is 2.24 bits per heavy atom. The first-order valence-electron chi connectivity index (χ1n) is 5.21. The monoisotopic (exact) mass is 237 g/mol. The lowest BCUT2D eigenvalue weighted by Gasteiger charge is -2.14. The molecule has 0 unspecified atom stereocenters. The molecule has 1 heterocycles. The number of methoxy groups -OCH3 is 1. The Bertz CT molecular complexity index is 381. The summed E-state index contributed by atoms with van der Waals surface area (Å²) in [5, 5.41) is 2.60. The minimum Gasteiger partial charge on any atom is -0.385 e. The summed E-state index contributed by atoms with van der Waals surface area (Å²) in [6, 6.07) is -0.551. The minimum atomic E-state index is -0.551. The number of ether oxygens (including phenoxy) is 1. The third-order valence-electron chi connectivity index (χ3n) is 2.20. The van der Waals surface area contributed by atoms with Gasteiger partial charge in [0.2, 0.25) is 0 Å². The highest BCUT2D eigenvalue weighted by Gasteiger charge is 2.18. The van der Waals surface area contributed by atoms with Gasteiger partial charge in [-0.05, 0) is 13.3 Å². The van der Waals surface area contributed by atoms with Crippen molar-refractivity contribution in [1.29, 1.82) is 0 Å². The van der Waals surface area contributed by atoms with E-state index in [0.29, 0.717) is 13.0 Å². The van der Waals surface area contributed by atoms with E-state index in [1.165, 1.54) is 25.5 Å². The average Bonchev–Trinajstić information content (AvgIpc) is 2.35. The van der Waals surface area contributed by atoms with Crippen molar-refractivity contribution in [3.05, 3.63) is 24.3 Å². The lowest BCUT2D eigenvalue weighted by molar-refractivity contribution is -0.119. The summed E-state index contributed by atoms with van der Waals surface area (Å²) in [5.74, 6) is -0.520. The number of Topliss-reactive ketones (excluding diaryl/α,β-unsaturated/α-hetero) is 1. The number of hydrogen-bond acceptors (Lipinski definition) is 5. The normalized spacial score (nSPS) is 11.9. The van der Waals surface area contributed by atoms with Crippen LogP contribution in [-0.4, -0.2) is 41.4 Å². The van der Waals surface area contributed by atoms with E-state index >= 15 is 0 Å². The molecule has 0 bridgehead atoms. The molecule has 1 aromatic heterocycles. The maximum absolute atomic E-state index is 11.7. The molecule has 0 saturated heterocycles. The van der Waals surface area contributed by atoms with E-state index in [4.69, 9.17) is 4.74 Å². The van der Waals surface area contributed by atoms with Gasteiger partial charge in [0, 0.05) is 26.1 Å². The standard InChI is InChI=1S/C11H15N3O3/c1-8(15)9(3-6-17-2)14-11(16)10-7-12-4-5-13-10/h4-5,7,9H,3,6H2,1-2H3,(H,14,16)/t9-/m1/s1. The van der Waals surface area contributed by atoms with Crippen LogP contribution in [0.4, 0.5) is 0 Å². The molecule has 1 rings (SSSR count). The number of nitrogens with one attached hydrogen (secondary N) is 1. The lowest BCUT2D eigenvalue weighted by atomic mass is 10.1. The molecule has 1 amide bonds. The topological polar surface area (TPSA) is 81.2 Å². The lowest BCUT2D eigenvalue weighted by Crippen LogP contribution is -2.40. The van der Waals surface area contributed by atoms with Crippen LogP contribution in [0.1, 0.15) is 23.8 Å². The van der Waals surface area contributed by atoms with Crippen molar-refractivity contribution in [2.75, 3.05) is 13.7 Å². The summed E-state index contributed by atoms with van der Waals surface area (Å²) in [6.07, 6.45) is 4.69. The van der Waals surface area contributed by atoms with Crippen molar-refractivity contribution in [3.8, 4) is 0 Å². The van der Waals surface area contributed by atoms with Gasteiger partial charge in [-0.15, -0.1) is 0 Å². The minimum absolute atomic E-state index is 0.112. The van der Waals surface area contributed by atoms with Gasteiger partial charge in [0.15, 0.2) is 5.78 Å². The van der Waals surface area contributed by atoms with Crippen LogP contribution < -0.4 is 5.32 Å². The zero-order valence-corrected chi connectivity index (χ0v) is 9.84. The molecule has 0 fully saturated rings. The van der Waals surface area contributed by atoms with Gasteiger partial charge in [0.05, 0.1) is 12.2 Å². The number of carbonyl (C=O) groups excluding carboxylic acids is 2. The van der Waals surface area contributed by atoms with Gasteiger partial charge in [-0.3, -0.25) is 14.6 Å². The van der Waals surface area contributed by atoms with Crippen LogP contribution in [-0.2, 0) is 9.53 Å². The summed E-state index contributed by atoms with van der Waals surface area (Å²) >= 11 is 0. The maximum Gasteiger partial charge on any atom is 0.272 e. The molecule has 1 N–H and O–H groups in total. The molecule has 92 valence electrons. The SMILES string of the molecule is COCC[C@@H](NC(=O)c1cnccn1)C(C)=O. The van der Waals surface area contributed by atoms with Crippen LogP contribution in [0.15, 0.2) is 18.6 Å². The highest BCUT2D eigenvalue weighted by molar-refractivity contribution is 5.95. The summed E-state index contributed by atoms with van der Waals surface area (Å²) in [4.78, 5) is 30.7. The highest BCUT2D eigenvalue weighted by atomic mass is 16.5. The Morgan fingerprint density at radius 1 is 1.47 bits per heavy atom. The van der Waals surface area contributed by atoms with Crippen LogP contribution in [0.5, 0.6) is 0 Å². The molecule has 17 heavy (non-hydrogen) atoms. The average molecular weight is 237 g/mol. The van der Waals surface area contributed by atoms with Crippen LogP contribution in [0, 0.1) is 0 Å². The first-order valence-corrected chi connectivity index (χ1v) is 5.21. The van der Waals surface area contributed by atoms with Gasteiger partial charge in [0.25, 0.3) is 5.91 Å². The summed E-state index contributed by atoms with van der Waals surface area (Å²) < 4.78 is 4.88. The molecule has 0 spiro atoms. The first kappa shape index (κ1) is 13.2. The number of carbonyl (C=O) groups is 2. The largest absolute Gasteiger partial charge is 0.385 e. The Kier molecular flexibility index (Phi) is 5.22. The van der Waals surface area contributed by atoms with Gasteiger partial charge in [-0.25, -0.2) is 4.98 Å². The summed E-state index contributed by atoms with van der Waals surface area (Å²) in [6.45, 7) is 1.84. The zero-order valence-electron chi connectivity index (χ0n) is 9.84. The van der Waals surface area contributed by atoms with Crippen molar-refractivity contribution in [1.82, 2.24) is 15.3 Å². The third kappa shape index (κ3) is 4.28. The van der Waals surface area contributed by atoms with E-state index in [1.54, 1.807) is 7.11 Å².